The number of rotatable bonds is 2. The molecule has 15 heavy (non-hydrogen) atoms. The smallest absolute Gasteiger partial charge is 0.127 e. The third-order valence-corrected chi connectivity index (χ3v) is 2.83. The van der Waals surface area contributed by atoms with Gasteiger partial charge >= 0.3 is 0 Å². The first-order valence-corrected chi connectivity index (χ1v) is 5.32. The first kappa shape index (κ1) is 10.6. The van der Waals surface area contributed by atoms with E-state index in [2.05, 4.69) is 5.32 Å². The molecule has 82 valence electrons. The quantitative estimate of drug-likeness (QED) is 0.792. The van der Waals surface area contributed by atoms with Crippen molar-refractivity contribution < 1.29 is 8.78 Å². The van der Waals surface area contributed by atoms with E-state index in [-0.39, 0.29) is 5.82 Å². The minimum atomic E-state index is -1.20. The van der Waals surface area contributed by atoms with Crippen LogP contribution >= 0.6 is 0 Å². The van der Waals surface area contributed by atoms with Gasteiger partial charge in [0.15, 0.2) is 0 Å². The lowest BCUT2D eigenvalue weighted by molar-refractivity contribution is 0.122. The summed E-state index contributed by atoms with van der Waals surface area (Å²) in [4.78, 5) is 0. The van der Waals surface area contributed by atoms with Crippen molar-refractivity contribution in [3.63, 3.8) is 0 Å². The Morgan fingerprint density at radius 1 is 1.40 bits per heavy atom. The molecule has 1 aromatic rings. The number of nitrogens with one attached hydrogen (secondary N) is 1. The molecule has 1 atom stereocenters. The average Bonchev–Trinajstić information content (AvgIpc) is 2.18. The number of halogens is 2. The Labute approximate surface area is 88.5 Å². The van der Waals surface area contributed by atoms with Crippen LogP contribution in [0.4, 0.5) is 8.78 Å². The van der Waals surface area contributed by atoms with Gasteiger partial charge in [-0.25, -0.2) is 8.78 Å². The van der Waals surface area contributed by atoms with E-state index in [0.717, 1.165) is 18.5 Å². The highest BCUT2D eigenvalue weighted by Gasteiger charge is 2.31. The lowest BCUT2D eigenvalue weighted by Crippen LogP contribution is -2.43. The Bertz CT molecular complexity index is 332. The zero-order valence-electron chi connectivity index (χ0n) is 8.60. The molecule has 1 fully saturated rings. The van der Waals surface area contributed by atoms with E-state index in [0.29, 0.717) is 19.4 Å². The number of hydrogen-bond acceptors (Lipinski definition) is 1. The summed E-state index contributed by atoms with van der Waals surface area (Å²) in [5, 5.41) is 3.04. The highest BCUT2D eigenvalue weighted by Crippen LogP contribution is 2.25. The molecular formula is C12H15F2N. The molecule has 0 amide bonds. The third kappa shape index (κ3) is 2.75. The van der Waals surface area contributed by atoms with E-state index in [1.807, 2.05) is 0 Å². The minimum absolute atomic E-state index is 0.292. The monoisotopic (exact) mass is 211 g/mol. The molecule has 1 aliphatic heterocycles. The molecule has 2 rings (SSSR count). The zero-order chi connectivity index (χ0) is 10.7. The van der Waals surface area contributed by atoms with Crippen LogP contribution in [0.1, 0.15) is 18.4 Å². The highest BCUT2D eigenvalue weighted by atomic mass is 19.1. The van der Waals surface area contributed by atoms with Gasteiger partial charge in [-0.15, -0.1) is 0 Å². The SMILES string of the molecule is Fc1cccc(CC2(F)CCCNC2)c1. The maximum absolute atomic E-state index is 14.2. The van der Waals surface area contributed by atoms with Gasteiger partial charge in [0, 0.05) is 13.0 Å². The molecule has 0 bridgehead atoms. The molecule has 1 nitrogen and oxygen atoms in total. The summed E-state index contributed by atoms with van der Waals surface area (Å²) < 4.78 is 27.1. The van der Waals surface area contributed by atoms with Gasteiger partial charge in [0.25, 0.3) is 0 Å². The Morgan fingerprint density at radius 2 is 2.27 bits per heavy atom. The van der Waals surface area contributed by atoms with Crippen molar-refractivity contribution in [2.75, 3.05) is 13.1 Å². The Kier molecular flexibility index (Phi) is 3.00. The first-order chi connectivity index (χ1) is 7.18. The number of benzene rings is 1. The molecule has 0 saturated carbocycles. The maximum atomic E-state index is 14.2. The molecule has 0 aromatic heterocycles. The van der Waals surface area contributed by atoms with E-state index in [1.54, 1.807) is 12.1 Å². The summed E-state index contributed by atoms with van der Waals surface area (Å²) in [6.45, 7) is 1.26. The van der Waals surface area contributed by atoms with Gasteiger partial charge in [0.05, 0.1) is 0 Å². The third-order valence-electron chi connectivity index (χ3n) is 2.83. The standard InChI is InChI=1S/C12H15F2N/c13-11-4-1-3-10(7-11)8-12(14)5-2-6-15-9-12/h1,3-4,7,15H,2,5-6,8-9H2. The van der Waals surface area contributed by atoms with Gasteiger partial charge in [-0.05, 0) is 37.1 Å². The fraction of sp³-hybridized carbons (Fsp3) is 0.500. The van der Waals surface area contributed by atoms with E-state index >= 15 is 0 Å². The number of piperidine rings is 1. The molecule has 0 aliphatic carbocycles. The van der Waals surface area contributed by atoms with Gasteiger partial charge in [0.2, 0.25) is 0 Å². The van der Waals surface area contributed by atoms with E-state index in [1.165, 1.54) is 12.1 Å². The highest BCUT2D eigenvalue weighted by molar-refractivity contribution is 5.19. The van der Waals surface area contributed by atoms with Crippen LogP contribution in [0.5, 0.6) is 0 Å². The van der Waals surface area contributed by atoms with Gasteiger partial charge in [-0.2, -0.15) is 0 Å². The van der Waals surface area contributed by atoms with E-state index < -0.39 is 5.67 Å². The number of alkyl halides is 1. The van der Waals surface area contributed by atoms with Crippen LogP contribution in [0, 0.1) is 5.82 Å². The minimum Gasteiger partial charge on any atom is -0.314 e. The van der Waals surface area contributed by atoms with Crippen molar-refractivity contribution >= 4 is 0 Å². The van der Waals surface area contributed by atoms with Crippen molar-refractivity contribution in [2.24, 2.45) is 0 Å². The summed E-state index contributed by atoms with van der Waals surface area (Å²) >= 11 is 0. The topological polar surface area (TPSA) is 12.0 Å². The van der Waals surface area contributed by atoms with Crippen molar-refractivity contribution in [1.82, 2.24) is 5.32 Å². The van der Waals surface area contributed by atoms with Crippen LogP contribution in [0.3, 0.4) is 0 Å². The van der Waals surface area contributed by atoms with Crippen molar-refractivity contribution in [3.05, 3.63) is 35.6 Å². The van der Waals surface area contributed by atoms with Crippen LogP contribution in [0.2, 0.25) is 0 Å². The summed E-state index contributed by atoms with van der Waals surface area (Å²) in [5.74, 6) is -0.292. The second-order valence-electron chi connectivity index (χ2n) is 4.24. The fourth-order valence-corrected chi connectivity index (χ4v) is 2.09. The second kappa shape index (κ2) is 4.27. The normalized spacial score (nSPS) is 26.5. The largest absolute Gasteiger partial charge is 0.314 e. The molecule has 1 aromatic carbocycles. The zero-order valence-corrected chi connectivity index (χ0v) is 8.60. The van der Waals surface area contributed by atoms with Crippen LogP contribution in [0.15, 0.2) is 24.3 Å². The molecule has 0 spiro atoms. The summed E-state index contributed by atoms with van der Waals surface area (Å²) in [5.41, 5.74) is -0.465. The Hall–Kier alpha value is -0.960. The molecular weight excluding hydrogens is 196 g/mol. The van der Waals surface area contributed by atoms with Crippen molar-refractivity contribution in [2.45, 2.75) is 24.9 Å². The molecule has 1 aliphatic rings. The molecule has 1 heterocycles. The number of hydrogen-bond donors (Lipinski definition) is 1. The van der Waals surface area contributed by atoms with Crippen LogP contribution in [-0.2, 0) is 6.42 Å². The Balaban J connectivity index is 2.06. The molecule has 1 saturated heterocycles. The average molecular weight is 211 g/mol. The fourth-order valence-electron chi connectivity index (χ4n) is 2.09. The summed E-state index contributed by atoms with van der Waals surface area (Å²) in [6, 6.07) is 6.20. The molecule has 0 radical (unpaired) electrons. The second-order valence-corrected chi connectivity index (χ2v) is 4.24. The van der Waals surface area contributed by atoms with Crippen LogP contribution in [0.25, 0.3) is 0 Å². The van der Waals surface area contributed by atoms with Gasteiger partial charge in [-0.1, -0.05) is 12.1 Å². The lowest BCUT2D eigenvalue weighted by atomic mass is 9.89. The summed E-state index contributed by atoms with van der Waals surface area (Å²) in [6.07, 6.45) is 1.72. The van der Waals surface area contributed by atoms with Gasteiger partial charge in [0.1, 0.15) is 11.5 Å². The predicted octanol–water partition coefficient (Wildman–Crippen LogP) is 2.46. The van der Waals surface area contributed by atoms with Crippen LogP contribution in [-0.4, -0.2) is 18.8 Å². The van der Waals surface area contributed by atoms with Gasteiger partial charge < -0.3 is 5.32 Å². The predicted molar refractivity (Wildman–Crippen MR) is 56.0 cm³/mol. The first-order valence-electron chi connectivity index (χ1n) is 5.32. The maximum Gasteiger partial charge on any atom is 0.127 e. The molecule has 1 unspecified atom stereocenters. The van der Waals surface area contributed by atoms with Crippen LogP contribution < -0.4 is 5.32 Å². The van der Waals surface area contributed by atoms with Gasteiger partial charge in [-0.3, -0.25) is 0 Å². The van der Waals surface area contributed by atoms with Crippen molar-refractivity contribution in [1.29, 1.82) is 0 Å². The van der Waals surface area contributed by atoms with Crippen molar-refractivity contribution in [3.8, 4) is 0 Å². The molecule has 3 heteroatoms. The molecule has 1 N–H and O–H groups in total. The summed E-state index contributed by atoms with van der Waals surface area (Å²) in [7, 11) is 0. The van der Waals surface area contributed by atoms with E-state index in [9.17, 15) is 8.78 Å². The lowest BCUT2D eigenvalue weighted by Gasteiger charge is -2.30. The van der Waals surface area contributed by atoms with E-state index in [4.69, 9.17) is 0 Å². The Morgan fingerprint density at radius 3 is 2.93 bits per heavy atom.